The molecule has 1 unspecified atom stereocenters. The number of nitrogens with one attached hydrogen (secondary N) is 1. The zero-order valence-corrected chi connectivity index (χ0v) is 11.3. The fraction of sp³-hybridized carbons (Fsp3) is 0.429. The van der Waals surface area contributed by atoms with Crippen molar-refractivity contribution in [1.29, 1.82) is 0 Å². The van der Waals surface area contributed by atoms with Crippen LogP contribution < -0.4 is 10.2 Å². The quantitative estimate of drug-likeness (QED) is 0.780. The monoisotopic (exact) mass is 264 g/mol. The van der Waals surface area contributed by atoms with E-state index in [0.717, 1.165) is 5.69 Å². The number of benzene rings is 1. The molecule has 0 saturated carbocycles. The Hall–Kier alpha value is -1.88. The highest BCUT2D eigenvalue weighted by molar-refractivity contribution is 5.95. The van der Waals surface area contributed by atoms with Crippen LogP contribution in [0.15, 0.2) is 30.3 Å². The molecule has 104 valence electrons. The van der Waals surface area contributed by atoms with Gasteiger partial charge >= 0.3 is 5.97 Å². The molecule has 1 amide bonds. The second-order valence-corrected chi connectivity index (χ2v) is 4.43. The summed E-state index contributed by atoms with van der Waals surface area (Å²) < 4.78 is 0. The molecule has 0 radical (unpaired) electrons. The van der Waals surface area contributed by atoms with Gasteiger partial charge in [0.25, 0.3) is 0 Å². The number of nitrogens with zero attached hydrogens (tertiary/aromatic N) is 1. The molecule has 0 aliphatic heterocycles. The maximum absolute atomic E-state index is 12.3. The molecule has 0 saturated heterocycles. The SMILES string of the molecule is CNCC(C)C(=O)N(CCC(=O)O)c1ccccc1. The second-order valence-electron chi connectivity index (χ2n) is 4.43. The average molecular weight is 264 g/mol. The number of aliphatic carboxylic acids is 1. The van der Waals surface area contributed by atoms with Gasteiger partial charge in [0.2, 0.25) is 5.91 Å². The molecular weight excluding hydrogens is 244 g/mol. The first-order chi connectivity index (χ1) is 9.06. The molecule has 1 rings (SSSR count). The molecule has 5 heteroatoms. The molecule has 1 aromatic carbocycles. The Morgan fingerprint density at radius 1 is 1.32 bits per heavy atom. The van der Waals surface area contributed by atoms with E-state index in [2.05, 4.69) is 5.32 Å². The molecule has 19 heavy (non-hydrogen) atoms. The van der Waals surface area contributed by atoms with Crippen LogP contribution in [0.3, 0.4) is 0 Å². The van der Waals surface area contributed by atoms with Crippen molar-refractivity contribution >= 4 is 17.6 Å². The summed E-state index contributed by atoms with van der Waals surface area (Å²) in [6, 6.07) is 9.15. The van der Waals surface area contributed by atoms with Gasteiger partial charge in [0, 0.05) is 24.7 Å². The van der Waals surface area contributed by atoms with Crippen LogP contribution in [0.25, 0.3) is 0 Å². The molecule has 0 heterocycles. The summed E-state index contributed by atoms with van der Waals surface area (Å²) in [5, 5.41) is 11.7. The van der Waals surface area contributed by atoms with E-state index in [9.17, 15) is 9.59 Å². The molecule has 0 aliphatic rings. The third kappa shape index (κ3) is 4.71. The minimum atomic E-state index is -0.907. The van der Waals surface area contributed by atoms with Crippen molar-refractivity contribution in [3.8, 4) is 0 Å². The Bertz CT molecular complexity index is 420. The van der Waals surface area contributed by atoms with E-state index in [-0.39, 0.29) is 24.8 Å². The third-order valence-corrected chi connectivity index (χ3v) is 2.82. The van der Waals surface area contributed by atoms with Crippen molar-refractivity contribution in [3.05, 3.63) is 30.3 Å². The van der Waals surface area contributed by atoms with E-state index in [1.54, 1.807) is 7.05 Å². The molecule has 0 spiro atoms. The lowest BCUT2D eigenvalue weighted by Crippen LogP contribution is -2.39. The Labute approximate surface area is 113 Å². The van der Waals surface area contributed by atoms with Crippen LogP contribution in [0, 0.1) is 5.92 Å². The summed E-state index contributed by atoms with van der Waals surface area (Å²) >= 11 is 0. The van der Waals surface area contributed by atoms with Gasteiger partial charge in [-0.15, -0.1) is 0 Å². The Morgan fingerprint density at radius 3 is 2.47 bits per heavy atom. The largest absolute Gasteiger partial charge is 0.481 e. The van der Waals surface area contributed by atoms with Crippen molar-refractivity contribution < 1.29 is 14.7 Å². The van der Waals surface area contributed by atoms with Gasteiger partial charge in [-0.25, -0.2) is 0 Å². The number of carbonyl (C=O) groups excluding carboxylic acids is 1. The number of para-hydroxylation sites is 1. The maximum Gasteiger partial charge on any atom is 0.305 e. The molecular formula is C14H20N2O3. The van der Waals surface area contributed by atoms with Crippen molar-refractivity contribution in [2.24, 2.45) is 5.92 Å². The van der Waals surface area contributed by atoms with Gasteiger partial charge in [-0.05, 0) is 19.2 Å². The maximum atomic E-state index is 12.3. The predicted molar refractivity (Wildman–Crippen MR) is 74.1 cm³/mol. The summed E-state index contributed by atoms with van der Waals surface area (Å²) in [6.45, 7) is 2.58. The van der Waals surface area contributed by atoms with Crippen LogP contribution in [0.5, 0.6) is 0 Å². The van der Waals surface area contributed by atoms with Crippen molar-refractivity contribution in [2.45, 2.75) is 13.3 Å². The van der Waals surface area contributed by atoms with E-state index in [4.69, 9.17) is 5.11 Å². The fourth-order valence-electron chi connectivity index (χ4n) is 1.84. The standard InChI is InChI=1S/C14H20N2O3/c1-11(10-15-2)14(19)16(9-8-13(17)18)12-6-4-3-5-7-12/h3-7,11,15H,8-10H2,1-2H3,(H,17,18). The van der Waals surface area contributed by atoms with Crippen molar-refractivity contribution in [2.75, 3.05) is 25.0 Å². The number of hydrogen-bond acceptors (Lipinski definition) is 3. The van der Waals surface area contributed by atoms with E-state index in [1.807, 2.05) is 37.3 Å². The Morgan fingerprint density at radius 2 is 1.95 bits per heavy atom. The number of amides is 1. The minimum Gasteiger partial charge on any atom is -0.481 e. The first-order valence-electron chi connectivity index (χ1n) is 6.29. The first kappa shape index (κ1) is 15.2. The number of hydrogen-bond donors (Lipinski definition) is 2. The zero-order valence-electron chi connectivity index (χ0n) is 11.3. The van der Waals surface area contributed by atoms with Gasteiger partial charge in [-0.2, -0.15) is 0 Å². The van der Waals surface area contributed by atoms with Gasteiger partial charge in [0.15, 0.2) is 0 Å². The lowest BCUT2D eigenvalue weighted by molar-refractivity contribution is -0.136. The fourth-order valence-corrected chi connectivity index (χ4v) is 1.84. The Balaban J connectivity index is 2.86. The van der Waals surface area contributed by atoms with Crippen LogP contribution in [0.1, 0.15) is 13.3 Å². The van der Waals surface area contributed by atoms with Crippen LogP contribution >= 0.6 is 0 Å². The summed E-state index contributed by atoms with van der Waals surface area (Å²) in [5.74, 6) is -1.17. The normalized spacial score (nSPS) is 11.9. The molecule has 0 aromatic heterocycles. The van der Waals surface area contributed by atoms with Gasteiger partial charge in [-0.1, -0.05) is 25.1 Å². The van der Waals surface area contributed by atoms with Gasteiger partial charge in [0.05, 0.1) is 6.42 Å². The van der Waals surface area contributed by atoms with Gasteiger partial charge in [-0.3, -0.25) is 9.59 Å². The summed E-state index contributed by atoms with van der Waals surface area (Å²) in [7, 11) is 1.79. The number of anilines is 1. The average Bonchev–Trinajstić information content (AvgIpc) is 2.40. The van der Waals surface area contributed by atoms with Gasteiger partial charge < -0.3 is 15.3 Å². The van der Waals surface area contributed by atoms with Crippen LogP contribution in [0.2, 0.25) is 0 Å². The van der Waals surface area contributed by atoms with Gasteiger partial charge in [0.1, 0.15) is 0 Å². The van der Waals surface area contributed by atoms with E-state index < -0.39 is 5.97 Å². The molecule has 1 aromatic rings. The molecule has 0 fully saturated rings. The molecule has 1 atom stereocenters. The molecule has 0 aliphatic carbocycles. The Kier molecular flexibility index (Phi) is 6.02. The summed E-state index contributed by atoms with van der Waals surface area (Å²) in [5.41, 5.74) is 0.733. The first-order valence-corrected chi connectivity index (χ1v) is 6.29. The van der Waals surface area contributed by atoms with E-state index in [1.165, 1.54) is 4.90 Å². The number of carbonyl (C=O) groups is 2. The number of carboxylic acid groups (broad SMARTS) is 1. The molecule has 5 nitrogen and oxygen atoms in total. The lowest BCUT2D eigenvalue weighted by Gasteiger charge is -2.25. The minimum absolute atomic E-state index is 0.0626. The van der Waals surface area contributed by atoms with Crippen molar-refractivity contribution in [3.63, 3.8) is 0 Å². The zero-order chi connectivity index (χ0) is 14.3. The highest BCUT2D eigenvalue weighted by Gasteiger charge is 2.21. The summed E-state index contributed by atoms with van der Waals surface area (Å²) in [4.78, 5) is 24.6. The topological polar surface area (TPSA) is 69.6 Å². The lowest BCUT2D eigenvalue weighted by atomic mass is 10.1. The van der Waals surface area contributed by atoms with E-state index >= 15 is 0 Å². The smallest absolute Gasteiger partial charge is 0.305 e. The van der Waals surface area contributed by atoms with Crippen LogP contribution in [-0.4, -0.2) is 37.1 Å². The van der Waals surface area contributed by atoms with Crippen molar-refractivity contribution in [1.82, 2.24) is 5.32 Å². The van der Waals surface area contributed by atoms with E-state index in [0.29, 0.717) is 6.54 Å². The number of carboxylic acids is 1. The van der Waals surface area contributed by atoms with Crippen LogP contribution in [0.4, 0.5) is 5.69 Å². The number of rotatable bonds is 7. The van der Waals surface area contributed by atoms with Crippen LogP contribution in [-0.2, 0) is 9.59 Å². The highest BCUT2D eigenvalue weighted by Crippen LogP contribution is 2.16. The predicted octanol–water partition coefficient (Wildman–Crippen LogP) is 1.35. The molecule has 0 bridgehead atoms. The third-order valence-electron chi connectivity index (χ3n) is 2.82. The summed E-state index contributed by atoms with van der Waals surface area (Å²) in [6.07, 6.45) is -0.0626. The molecule has 2 N–H and O–H groups in total. The highest BCUT2D eigenvalue weighted by atomic mass is 16.4. The second kappa shape index (κ2) is 7.53.